The van der Waals surface area contributed by atoms with E-state index in [-0.39, 0.29) is 17.9 Å². The van der Waals surface area contributed by atoms with Crippen molar-refractivity contribution in [1.29, 1.82) is 0 Å². The summed E-state index contributed by atoms with van der Waals surface area (Å²) in [5.41, 5.74) is 0.460. The van der Waals surface area contributed by atoms with E-state index >= 15 is 0 Å². The maximum atomic E-state index is 12.5. The van der Waals surface area contributed by atoms with Crippen LogP contribution in [0.5, 0.6) is 0 Å². The number of hydrogen-bond donors (Lipinski definition) is 4. The second-order valence-corrected chi connectivity index (χ2v) is 7.04. The summed E-state index contributed by atoms with van der Waals surface area (Å²) >= 11 is 3.39. The minimum Gasteiger partial charge on any atom is -0.389 e. The van der Waals surface area contributed by atoms with Gasteiger partial charge in [0.2, 0.25) is 5.91 Å². The molecule has 0 aliphatic heterocycles. The van der Waals surface area contributed by atoms with Gasteiger partial charge >= 0.3 is 0 Å². The van der Waals surface area contributed by atoms with Gasteiger partial charge in [0.05, 0.1) is 11.5 Å². The molecule has 0 saturated heterocycles. The molecule has 0 saturated carbocycles. The summed E-state index contributed by atoms with van der Waals surface area (Å²) in [6, 6.07) is 7.45. The molecule has 0 bridgehead atoms. The topological polar surface area (TPSA) is 98.0 Å². The van der Waals surface area contributed by atoms with Crippen molar-refractivity contribution >= 4 is 21.8 Å². The van der Waals surface area contributed by atoms with Gasteiger partial charge in [-0.2, -0.15) is 0 Å². The number of carbonyl (C=O) groups excluding carboxylic acids is 1. The lowest BCUT2D eigenvalue weighted by Crippen LogP contribution is -2.52. The third-order valence-corrected chi connectivity index (χ3v) is 5.03. The van der Waals surface area contributed by atoms with E-state index in [4.69, 9.17) is 0 Å². The van der Waals surface area contributed by atoms with Crippen LogP contribution in [0.3, 0.4) is 0 Å². The summed E-state index contributed by atoms with van der Waals surface area (Å²) in [6.07, 6.45) is 0.214. The number of carbonyl (C=O) groups is 1. The molecule has 4 N–H and O–H groups in total. The van der Waals surface area contributed by atoms with E-state index in [1.54, 1.807) is 6.92 Å². The highest BCUT2D eigenvalue weighted by molar-refractivity contribution is 9.10. The van der Waals surface area contributed by atoms with Gasteiger partial charge in [0.25, 0.3) is 5.56 Å². The second kappa shape index (κ2) is 5.65. The minimum atomic E-state index is -1.27. The molecule has 1 heterocycles. The van der Waals surface area contributed by atoms with Crippen LogP contribution in [-0.4, -0.2) is 33.9 Å². The molecule has 7 heteroatoms. The van der Waals surface area contributed by atoms with Crippen molar-refractivity contribution in [2.24, 2.45) is 5.92 Å². The Labute approximate surface area is 141 Å². The number of aliphatic hydroxyl groups is 1. The van der Waals surface area contributed by atoms with E-state index in [0.29, 0.717) is 11.3 Å². The number of amides is 1. The molecular formula is C16H18BrN3O3. The first-order chi connectivity index (χ1) is 10.8. The molecule has 3 rings (SSSR count). The molecule has 3 atom stereocenters. The van der Waals surface area contributed by atoms with Gasteiger partial charge in [0.1, 0.15) is 0 Å². The van der Waals surface area contributed by atoms with Crippen LogP contribution >= 0.6 is 15.9 Å². The van der Waals surface area contributed by atoms with Gasteiger partial charge in [-0.25, -0.2) is 0 Å². The molecule has 0 fully saturated rings. The minimum absolute atomic E-state index is 0.214. The van der Waals surface area contributed by atoms with Crippen LogP contribution in [0.25, 0.3) is 0 Å². The van der Waals surface area contributed by atoms with Gasteiger partial charge in [-0.3, -0.25) is 14.7 Å². The summed E-state index contributed by atoms with van der Waals surface area (Å²) in [4.78, 5) is 24.7. The van der Waals surface area contributed by atoms with E-state index in [0.717, 1.165) is 10.0 Å². The standard InChI is InChI=1S/C16H18BrN3O3/c1-16(23)7-10-12(14(21)20-19-10)11(13(16)15(22)18-2)8-3-5-9(17)6-4-8/h3-6,11,13,23H,7H2,1-2H3,(H,18,22)(H2,19,20,21)/t11-,13-,16-/m0/s1. The number of H-pyrrole nitrogens is 2. The SMILES string of the molecule is CNC(=O)[C@@H]1[C@@H](c2ccc(Br)cc2)c2c([nH][nH]c2=O)C[C@]1(C)O. The lowest BCUT2D eigenvalue weighted by Gasteiger charge is -2.40. The van der Waals surface area contributed by atoms with Crippen molar-refractivity contribution in [3.63, 3.8) is 0 Å². The number of fused-ring (bicyclic) bond motifs is 1. The Balaban J connectivity index is 2.24. The van der Waals surface area contributed by atoms with Crippen molar-refractivity contribution in [2.45, 2.75) is 24.9 Å². The average molecular weight is 380 g/mol. The monoisotopic (exact) mass is 379 g/mol. The summed E-state index contributed by atoms with van der Waals surface area (Å²) in [5.74, 6) is -1.55. The zero-order chi connectivity index (χ0) is 16.8. The van der Waals surface area contributed by atoms with E-state index in [1.165, 1.54) is 7.05 Å². The Hall–Kier alpha value is -1.86. The van der Waals surface area contributed by atoms with Crippen molar-refractivity contribution in [1.82, 2.24) is 15.5 Å². The molecule has 1 amide bonds. The summed E-state index contributed by atoms with van der Waals surface area (Å²) in [5, 5.41) is 18.9. The number of nitrogens with one attached hydrogen (secondary N) is 3. The van der Waals surface area contributed by atoms with Gasteiger partial charge in [0, 0.05) is 35.1 Å². The Morgan fingerprint density at radius 2 is 2.00 bits per heavy atom. The maximum absolute atomic E-state index is 12.5. The molecule has 0 unspecified atom stereocenters. The van der Waals surface area contributed by atoms with Crippen LogP contribution < -0.4 is 10.9 Å². The van der Waals surface area contributed by atoms with Crippen LogP contribution in [0.1, 0.15) is 29.7 Å². The third-order valence-electron chi connectivity index (χ3n) is 4.50. The van der Waals surface area contributed by atoms with Crippen molar-refractivity contribution in [2.75, 3.05) is 7.05 Å². The van der Waals surface area contributed by atoms with Crippen LogP contribution in [0.2, 0.25) is 0 Å². The highest BCUT2D eigenvalue weighted by atomic mass is 79.9. The van der Waals surface area contributed by atoms with Crippen LogP contribution in [0.15, 0.2) is 33.5 Å². The fourth-order valence-corrected chi connectivity index (χ4v) is 3.75. The smallest absolute Gasteiger partial charge is 0.267 e. The largest absolute Gasteiger partial charge is 0.389 e. The third kappa shape index (κ3) is 2.64. The molecule has 23 heavy (non-hydrogen) atoms. The van der Waals surface area contributed by atoms with E-state index in [1.807, 2.05) is 24.3 Å². The summed E-state index contributed by atoms with van der Waals surface area (Å²) in [6.45, 7) is 1.63. The Morgan fingerprint density at radius 1 is 1.35 bits per heavy atom. The Morgan fingerprint density at radius 3 is 2.61 bits per heavy atom. The fourth-order valence-electron chi connectivity index (χ4n) is 3.48. The molecule has 122 valence electrons. The van der Waals surface area contributed by atoms with Crippen LogP contribution in [0.4, 0.5) is 0 Å². The van der Waals surface area contributed by atoms with E-state index in [2.05, 4.69) is 31.4 Å². The van der Waals surface area contributed by atoms with Gasteiger partial charge in [-0.1, -0.05) is 28.1 Å². The molecule has 1 aromatic carbocycles. The van der Waals surface area contributed by atoms with Crippen LogP contribution in [0, 0.1) is 5.92 Å². The van der Waals surface area contributed by atoms with Gasteiger partial charge in [0.15, 0.2) is 0 Å². The predicted molar refractivity (Wildman–Crippen MR) is 89.3 cm³/mol. The molecule has 1 aromatic heterocycles. The van der Waals surface area contributed by atoms with Crippen molar-refractivity contribution in [3.05, 3.63) is 55.9 Å². The number of rotatable bonds is 2. The number of aromatic nitrogens is 2. The summed E-state index contributed by atoms with van der Waals surface area (Å²) in [7, 11) is 1.54. The second-order valence-electron chi connectivity index (χ2n) is 6.13. The fraction of sp³-hybridized carbons (Fsp3) is 0.375. The lowest BCUT2D eigenvalue weighted by atomic mass is 9.66. The lowest BCUT2D eigenvalue weighted by molar-refractivity contribution is -0.134. The molecular weight excluding hydrogens is 362 g/mol. The Bertz CT molecular complexity index is 792. The number of halogens is 1. The van der Waals surface area contributed by atoms with Crippen LogP contribution in [-0.2, 0) is 11.2 Å². The number of hydrogen-bond acceptors (Lipinski definition) is 3. The molecule has 6 nitrogen and oxygen atoms in total. The van der Waals surface area contributed by atoms with E-state index < -0.39 is 17.4 Å². The molecule has 0 radical (unpaired) electrons. The van der Waals surface area contributed by atoms with Crippen molar-refractivity contribution < 1.29 is 9.90 Å². The first-order valence-corrected chi connectivity index (χ1v) is 8.13. The zero-order valence-electron chi connectivity index (χ0n) is 12.8. The summed E-state index contributed by atoms with van der Waals surface area (Å²) < 4.78 is 0.906. The number of aromatic amines is 2. The molecule has 1 aliphatic carbocycles. The zero-order valence-corrected chi connectivity index (χ0v) is 14.4. The molecule has 0 spiro atoms. The first kappa shape index (κ1) is 16.0. The number of benzene rings is 1. The first-order valence-electron chi connectivity index (χ1n) is 7.34. The molecule has 1 aliphatic rings. The maximum Gasteiger partial charge on any atom is 0.267 e. The highest BCUT2D eigenvalue weighted by Crippen LogP contribution is 2.44. The van der Waals surface area contributed by atoms with Gasteiger partial charge in [-0.15, -0.1) is 0 Å². The van der Waals surface area contributed by atoms with Crippen molar-refractivity contribution in [3.8, 4) is 0 Å². The average Bonchev–Trinajstić information content (AvgIpc) is 2.85. The Kier molecular flexibility index (Phi) is 3.93. The van der Waals surface area contributed by atoms with Gasteiger partial charge < -0.3 is 15.5 Å². The highest BCUT2D eigenvalue weighted by Gasteiger charge is 2.49. The normalized spacial score (nSPS) is 26.6. The van der Waals surface area contributed by atoms with E-state index in [9.17, 15) is 14.7 Å². The predicted octanol–water partition coefficient (Wildman–Crippen LogP) is 1.27. The van der Waals surface area contributed by atoms with Gasteiger partial charge in [-0.05, 0) is 24.6 Å². The quantitative estimate of drug-likeness (QED) is 0.632. The molecule has 2 aromatic rings.